The molecule has 3 aromatic heterocycles. The minimum atomic E-state index is 1.15. The summed E-state index contributed by atoms with van der Waals surface area (Å²) >= 11 is 0. The standard InChI is InChI=1S/C56H35N3/c1-2-17-41(18-3-1)57-51-22-10-8-20-44(51)46-29-30-47-49-35-40(26-31-53(49)58(56(47)55(46)57)42-28-25-36-13-4-5-15-38(36)33-42)39-27-32-54-48(34-39)45-21-9-11-23-52(45)59(54)50-24-12-16-37-14-6-7-19-43(37)50/h1-35H. The minimum absolute atomic E-state index is 1.15. The van der Waals surface area contributed by atoms with E-state index < -0.39 is 0 Å². The van der Waals surface area contributed by atoms with Gasteiger partial charge in [0.05, 0.1) is 38.8 Å². The molecule has 0 amide bonds. The molecule has 3 nitrogen and oxygen atoms in total. The number of hydrogen-bond donors (Lipinski definition) is 0. The molecule has 0 radical (unpaired) electrons. The SMILES string of the molecule is c1ccc(-n2c3ccccc3c3ccc4c5cc(-c6ccc7c(c6)c6ccccc6n7-c6cccc7ccccc67)ccc5n(-c5ccc6ccccc6c5)c4c32)cc1. The summed E-state index contributed by atoms with van der Waals surface area (Å²) in [7, 11) is 0. The molecule has 0 aliphatic rings. The van der Waals surface area contributed by atoms with E-state index in [2.05, 4.69) is 226 Å². The zero-order valence-corrected chi connectivity index (χ0v) is 32.0. The maximum absolute atomic E-state index is 2.50. The summed E-state index contributed by atoms with van der Waals surface area (Å²) in [5.74, 6) is 0. The van der Waals surface area contributed by atoms with Crippen LogP contribution in [0.3, 0.4) is 0 Å². The van der Waals surface area contributed by atoms with E-state index in [9.17, 15) is 0 Å². The fourth-order valence-electron chi connectivity index (χ4n) is 9.98. The van der Waals surface area contributed by atoms with Crippen LogP contribution in [0.4, 0.5) is 0 Å². The average Bonchev–Trinajstić information content (AvgIpc) is 3.94. The first-order valence-corrected chi connectivity index (χ1v) is 20.4. The van der Waals surface area contributed by atoms with Gasteiger partial charge < -0.3 is 13.7 Å². The monoisotopic (exact) mass is 749 g/mol. The van der Waals surface area contributed by atoms with E-state index in [4.69, 9.17) is 0 Å². The van der Waals surface area contributed by atoms with Gasteiger partial charge in [0.1, 0.15) is 0 Å². The predicted molar refractivity (Wildman–Crippen MR) is 250 cm³/mol. The molecule has 0 saturated heterocycles. The molecule has 0 saturated carbocycles. The number of benzene rings is 10. The molecule has 13 rings (SSSR count). The van der Waals surface area contributed by atoms with Crippen molar-refractivity contribution in [2.75, 3.05) is 0 Å². The Bertz CT molecular complexity index is 3840. The molecule has 0 atom stereocenters. The molecule has 0 spiro atoms. The number of aromatic nitrogens is 3. The third-order valence-electron chi connectivity index (χ3n) is 12.6. The van der Waals surface area contributed by atoms with Crippen LogP contribution in [0, 0.1) is 0 Å². The third-order valence-corrected chi connectivity index (χ3v) is 12.6. The van der Waals surface area contributed by atoms with Crippen LogP contribution in [-0.4, -0.2) is 13.7 Å². The summed E-state index contributed by atoms with van der Waals surface area (Å²) in [5, 5.41) is 12.4. The molecule has 13 aromatic rings. The first-order chi connectivity index (χ1) is 29.3. The van der Waals surface area contributed by atoms with E-state index in [1.54, 1.807) is 0 Å². The highest BCUT2D eigenvalue weighted by Crippen LogP contribution is 2.44. The van der Waals surface area contributed by atoms with Gasteiger partial charge in [-0.3, -0.25) is 0 Å². The Balaban J connectivity index is 1.10. The summed E-state index contributed by atoms with van der Waals surface area (Å²) in [6.07, 6.45) is 0. The van der Waals surface area contributed by atoms with Crippen LogP contribution < -0.4 is 0 Å². The maximum atomic E-state index is 2.50. The van der Waals surface area contributed by atoms with Gasteiger partial charge in [0.25, 0.3) is 0 Å². The van der Waals surface area contributed by atoms with Crippen LogP contribution in [0.2, 0.25) is 0 Å². The van der Waals surface area contributed by atoms with E-state index >= 15 is 0 Å². The lowest BCUT2D eigenvalue weighted by molar-refractivity contribution is 1.15. The van der Waals surface area contributed by atoms with Crippen LogP contribution in [0.1, 0.15) is 0 Å². The molecule has 0 fully saturated rings. The Morgan fingerprint density at radius 1 is 0.237 bits per heavy atom. The van der Waals surface area contributed by atoms with Crippen molar-refractivity contribution in [1.29, 1.82) is 0 Å². The summed E-state index contributed by atoms with van der Waals surface area (Å²) in [5.41, 5.74) is 13.1. The van der Waals surface area contributed by atoms with Crippen molar-refractivity contribution in [1.82, 2.24) is 13.7 Å². The van der Waals surface area contributed by atoms with E-state index in [0.717, 1.165) is 11.4 Å². The Labute approximate surface area is 339 Å². The van der Waals surface area contributed by atoms with Crippen molar-refractivity contribution in [2.45, 2.75) is 0 Å². The Hall–Kier alpha value is -7.88. The van der Waals surface area contributed by atoms with E-state index in [1.807, 2.05) is 0 Å². The van der Waals surface area contributed by atoms with E-state index in [1.165, 1.54) is 104 Å². The second-order valence-electron chi connectivity index (χ2n) is 15.7. The Morgan fingerprint density at radius 2 is 0.746 bits per heavy atom. The van der Waals surface area contributed by atoms with E-state index in [0.29, 0.717) is 0 Å². The van der Waals surface area contributed by atoms with Gasteiger partial charge in [0.15, 0.2) is 0 Å². The molecule has 3 heteroatoms. The van der Waals surface area contributed by atoms with Gasteiger partial charge in [-0.15, -0.1) is 0 Å². The molecule has 0 aliphatic carbocycles. The first-order valence-electron chi connectivity index (χ1n) is 20.4. The normalized spacial score (nSPS) is 12.1. The van der Waals surface area contributed by atoms with Crippen LogP contribution in [0.15, 0.2) is 212 Å². The summed E-state index contributed by atoms with van der Waals surface area (Å²) in [4.78, 5) is 0. The highest BCUT2D eigenvalue weighted by Gasteiger charge is 2.22. The molecule has 3 heterocycles. The highest BCUT2D eigenvalue weighted by molar-refractivity contribution is 6.24. The van der Waals surface area contributed by atoms with Gasteiger partial charge in [-0.05, 0) is 94.0 Å². The van der Waals surface area contributed by atoms with Crippen LogP contribution in [0.25, 0.3) is 115 Å². The van der Waals surface area contributed by atoms with Crippen molar-refractivity contribution in [2.24, 2.45) is 0 Å². The highest BCUT2D eigenvalue weighted by atomic mass is 15.0. The fourth-order valence-corrected chi connectivity index (χ4v) is 9.98. The van der Waals surface area contributed by atoms with Crippen molar-refractivity contribution in [3.63, 3.8) is 0 Å². The van der Waals surface area contributed by atoms with Gasteiger partial charge in [-0.2, -0.15) is 0 Å². The molecule has 0 N–H and O–H groups in total. The van der Waals surface area contributed by atoms with E-state index in [-0.39, 0.29) is 0 Å². The zero-order chi connectivity index (χ0) is 38.6. The molecule has 10 aromatic carbocycles. The maximum Gasteiger partial charge on any atom is 0.0788 e. The molecule has 274 valence electrons. The zero-order valence-electron chi connectivity index (χ0n) is 32.0. The molecule has 0 unspecified atom stereocenters. The third kappa shape index (κ3) is 4.64. The molecule has 0 bridgehead atoms. The van der Waals surface area contributed by atoms with Crippen LogP contribution in [0.5, 0.6) is 0 Å². The van der Waals surface area contributed by atoms with Gasteiger partial charge in [-0.1, -0.05) is 146 Å². The lowest BCUT2D eigenvalue weighted by atomic mass is 10.00. The average molecular weight is 750 g/mol. The van der Waals surface area contributed by atoms with Gasteiger partial charge in [0.2, 0.25) is 0 Å². The quantitative estimate of drug-likeness (QED) is 0.170. The van der Waals surface area contributed by atoms with Gasteiger partial charge in [0, 0.05) is 49.1 Å². The second-order valence-corrected chi connectivity index (χ2v) is 15.7. The Kier molecular flexibility index (Phi) is 6.72. The Morgan fingerprint density at radius 3 is 1.49 bits per heavy atom. The lowest BCUT2D eigenvalue weighted by Gasteiger charge is -2.13. The lowest BCUT2D eigenvalue weighted by Crippen LogP contribution is -1.98. The number of hydrogen-bond acceptors (Lipinski definition) is 0. The summed E-state index contributed by atoms with van der Waals surface area (Å²) in [6.45, 7) is 0. The minimum Gasteiger partial charge on any atom is -0.309 e. The number of rotatable bonds is 4. The van der Waals surface area contributed by atoms with Crippen molar-refractivity contribution in [3.8, 4) is 28.2 Å². The predicted octanol–water partition coefficient (Wildman–Crippen LogP) is 15.0. The molecular weight excluding hydrogens is 715 g/mol. The number of fused-ring (bicyclic) bond motifs is 12. The largest absolute Gasteiger partial charge is 0.309 e. The molecular formula is C56H35N3. The van der Waals surface area contributed by atoms with Crippen molar-refractivity contribution < 1.29 is 0 Å². The molecule has 59 heavy (non-hydrogen) atoms. The smallest absolute Gasteiger partial charge is 0.0788 e. The van der Waals surface area contributed by atoms with Gasteiger partial charge in [-0.25, -0.2) is 0 Å². The molecule has 0 aliphatic heterocycles. The van der Waals surface area contributed by atoms with Crippen LogP contribution in [-0.2, 0) is 0 Å². The fraction of sp³-hybridized carbons (Fsp3) is 0. The first kappa shape index (κ1) is 32.2. The summed E-state index contributed by atoms with van der Waals surface area (Å²) in [6, 6.07) is 78.1. The van der Waals surface area contributed by atoms with Crippen molar-refractivity contribution >= 4 is 87.0 Å². The van der Waals surface area contributed by atoms with Crippen LogP contribution >= 0.6 is 0 Å². The summed E-state index contributed by atoms with van der Waals surface area (Å²) < 4.78 is 7.40. The van der Waals surface area contributed by atoms with Crippen molar-refractivity contribution in [3.05, 3.63) is 212 Å². The van der Waals surface area contributed by atoms with Gasteiger partial charge >= 0.3 is 0 Å². The number of nitrogens with zero attached hydrogens (tertiary/aromatic N) is 3. The second kappa shape index (κ2) is 12.3. The number of para-hydroxylation sites is 3. The topological polar surface area (TPSA) is 14.8 Å².